The van der Waals surface area contributed by atoms with Gasteiger partial charge in [0.15, 0.2) is 0 Å². The monoisotopic (exact) mass is 176 g/mol. The Bertz CT molecular complexity index is 291. The van der Waals surface area contributed by atoms with Crippen LogP contribution in [-0.2, 0) is 0 Å². The second-order valence-electron chi connectivity index (χ2n) is 4.73. The predicted octanol–water partition coefficient (Wildman–Crippen LogP) is 2.14. The molecule has 5 atom stereocenters. The van der Waals surface area contributed by atoms with Crippen LogP contribution in [0.25, 0.3) is 0 Å². The average Bonchev–Trinajstić information content (AvgIpc) is 2.77. The van der Waals surface area contributed by atoms with E-state index in [1.165, 1.54) is 12.8 Å². The Morgan fingerprint density at radius 3 is 2.92 bits per heavy atom. The maximum Gasteiger partial charge on any atom is 0.0763 e. The van der Waals surface area contributed by atoms with E-state index in [4.69, 9.17) is 0 Å². The lowest BCUT2D eigenvalue weighted by atomic mass is 9.68. The summed E-state index contributed by atoms with van der Waals surface area (Å²) in [5.41, 5.74) is 0.318. The fourth-order valence-corrected chi connectivity index (χ4v) is 3.86. The lowest BCUT2D eigenvalue weighted by Crippen LogP contribution is -2.34. The SMILES string of the molecule is CC[C@@]12C=CC(O)C1C1C=CC2C1. The van der Waals surface area contributed by atoms with Crippen LogP contribution in [-0.4, -0.2) is 11.2 Å². The van der Waals surface area contributed by atoms with Crippen molar-refractivity contribution in [2.75, 3.05) is 0 Å². The minimum absolute atomic E-state index is 0.181. The van der Waals surface area contributed by atoms with Crippen molar-refractivity contribution in [1.29, 1.82) is 0 Å². The van der Waals surface area contributed by atoms with E-state index in [-0.39, 0.29) is 6.10 Å². The maximum atomic E-state index is 9.90. The van der Waals surface area contributed by atoms with Crippen LogP contribution in [0.4, 0.5) is 0 Å². The zero-order valence-electron chi connectivity index (χ0n) is 7.98. The van der Waals surface area contributed by atoms with Gasteiger partial charge in [-0.15, -0.1) is 0 Å². The molecule has 1 fully saturated rings. The molecule has 0 aromatic heterocycles. The standard InChI is InChI=1S/C12H16O/c1-2-12-6-5-10(13)11(12)8-3-4-9(12)7-8/h3-6,8-11,13H,2,7H2,1H3/t8?,9?,10?,11?,12-/m0/s1. The van der Waals surface area contributed by atoms with Crippen LogP contribution in [0.15, 0.2) is 24.3 Å². The summed E-state index contributed by atoms with van der Waals surface area (Å²) in [6, 6.07) is 0. The highest BCUT2D eigenvalue weighted by Gasteiger charge is 2.57. The summed E-state index contributed by atoms with van der Waals surface area (Å²) in [4.78, 5) is 0. The van der Waals surface area contributed by atoms with E-state index in [0.717, 1.165) is 0 Å². The van der Waals surface area contributed by atoms with Gasteiger partial charge in [-0.05, 0) is 24.7 Å². The second kappa shape index (κ2) is 2.27. The Morgan fingerprint density at radius 1 is 1.38 bits per heavy atom. The number of hydrogen-bond acceptors (Lipinski definition) is 1. The van der Waals surface area contributed by atoms with Crippen molar-refractivity contribution < 1.29 is 5.11 Å². The minimum atomic E-state index is -0.181. The van der Waals surface area contributed by atoms with Crippen LogP contribution in [0.1, 0.15) is 19.8 Å². The fraction of sp³-hybridized carbons (Fsp3) is 0.667. The lowest BCUT2D eigenvalue weighted by Gasteiger charge is -2.36. The number of fused-ring (bicyclic) bond motifs is 5. The summed E-state index contributed by atoms with van der Waals surface area (Å²) in [6.07, 6.45) is 11.3. The van der Waals surface area contributed by atoms with Crippen molar-refractivity contribution in [3.05, 3.63) is 24.3 Å². The third-order valence-electron chi connectivity index (χ3n) is 4.47. The molecule has 0 heterocycles. The Labute approximate surface area is 79.2 Å². The Balaban J connectivity index is 2.08. The quantitative estimate of drug-likeness (QED) is 0.607. The molecular formula is C12H16O. The van der Waals surface area contributed by atoms with Crippen molar-refractivity contribution in [3.63, 3.8) is 0 Å². The summed E-state index contributed by atoms with van der Waals surface area (Å²) >= 11 is 0. The van der Waals surface area contributed by atoms with Gasteiger partial charge in [-0.3, -0.25) is 0 Å². The molecule has 0 aromatic rings. The number of allylic oxidation sites excluding steroid dienone is 3. The first-order valence-electron chi connectivity index (χ1n) is 5.33. The van der Waals surface area contributed by atoms with Gasteiger partial charge in [-0.25, -0.2) is 0 Å². The molecule has 70 valence electrons. The van der Waals surface area contributed by atoms with Crippen LogP contribution >= 0.6 is 0 Å². The predicted molar refractivity (Wildman–Crippen MR) is 52.1 cm³/mol. The summed E-state index contributed by atoms with van der Waals surface area (Å²) in [5, 5.41) is 9.90. The van der Waals surface area contributed by atoms with Gasteiger partial charge >= 0.3 is 0 Å². The minimum Gasteiger partial charge on any atom is -0.389 e. The molecule has 0 radical (unpaired) electrons. The molecule has 0 spiro atoms. The highest BCUT2D eigenvalue weighted by atomic mass is 16.3. The van der Waals surface area contributed by atoms with Crippen molar-refractivity contribution >= 4 is 0 Å². The Hall–Kier alpha value is -0.560. The molecule has 3 rings (SSSR count). The van der Waals surface area contributed by atoms with Crippen molar-refractivity contribution in [2.24, 2.45) is 23.2 Å². The van der Waals surface area contributed by atoms with E-state index in [1.807, 2.05) is 6.08 Å². The van der Waals surface area contributed by atoms with Crippen LogP contribution in [0.3, 0.4) is 0 Å². The molecule has 0 aliphatic heterocycles. The first-order valence-corrected chi connectivity index (χ1v) is 5.33. The molecule has 2 bridgehead atoms. The lowest BCUT2D eigenvalue weighted by molar-refractivity contribution is 0.0828. The van der Waals surface area contributed by atoms with Crippen LogP contribution in [0.2, 0.25) is 0 Å². The Kier molecular flexibility index (Phi) is 1.36. The van der Waals surface area contributed by atoms with Gasteiger partial charge in [-0.2, -0.15) is 0 Å². The number of rotatable bonds is 1. The number of hydrogen-bond donors (Lipinski definition) is 1. The molecule has 0 amide bonds. The van der Waals surface area contributed by atoms with Gasteiger partial charge in [0.1, 0.15) is 0 Å². The molecule has 0 saturated heterocycles. The highest BCUT2D eigenvalue weighted by Crippen LogP contribution is 2.62. The molecular weight excluding hydrogens is 160 g/mol. The van der Waals surface area contributed by atoms with E-state index in [1.54, 1.807) is 0 Å². The van der Waals surface area contributed by atoms with Crippen molar-refractivity contribution in [1.82, 2.24) is 0 Å². The molecule has 1 heteroatoms. The van der Waals surface area contributed by atoms with Gasteiger partial charge in [0.25, 0.3) is 0 Å². The molecule has 4 unspecified atom stereocenters. The molecule has 0 aromatic carbocycles. The molecule has 13 heavy (non-hydrogen) atoms. The van der Waals surface area contributed by atoms with Crippen LogP contribution in [0, 0.1) is 23.2 Å². The largest absolute Gasteiger partial charge is 0.389 e. The maximum absolute atomic E-state index is 9.90. The van der Waals surface area contributed by atoms with Crippen molar-refractivity contribution in [3.8, 4) is 0 Å². The topological polar surface area (TPSA) is 20.2 Å². The summed E-state index contributed by atoms with van der Waals surface area (Å²) in [5.74, 6) is 1.85. The van der Waals surface area contributed by atoms with E-state index in [2.05, 4.69) is 25.2 Å². The summed E-state index contributed by atoms with van der Waals surface area (Å²) in [6.45, 7) is 2.25. The zero-order chi connectivity index (χ0) is 9.05. The van der Waals surface area contributed by atoms with E-state index in [9.17, 15) is 5.11 Å². The molecule has 1 N–H and O–H groups in total. The second-order valence-corrected chi connectivity index (χ2v) is 4.73. The fourth-order valence-electron chi connectivity index (χ4n) is 3.86. The molecule has 3 aliphatic rings. The van der Waals surface area contributed by atoms with E-state index < -0.39 is 0 Å². The smallest absolute Gasteiger partial charge is 0.0763 e. The highest BCUT2D eigenvalue weighted by molar-refractivity contribution is 5.30. The third-order valence-corrected chi connectivity index (χ3v) is 4.47. The zero-order valence-corrected chi connectivity index (χ0v) is 7.98. The van der Waals surface area contributed by atoms with E-state index >= 15 is 0 Å². The first kappa shape index (κ1) is 7.81. The molecule has 3 aliphatic carbocycles. The Morgan fingerprint density at radius 2 is 2.23 bits per heavy atom. The average molecular weight is 176 g/mol. The number of aliphatic hydroxyl groups is 1. The van der Waals surface area contributed by atoms with E-state index in [0.29, 0.717) is 23.2 Å². The van der Waals surface area contributed by atoms with Gasteiger partial charge in [0.2, 0.25) is 0 Å². The molecule has 1 saturated carbocycles. The normalized spacial score (nSPS) is 56.2. The van der Waals surface area contributed by atoms with Crippen LogP contribution < -0.4 is 0 Å². The van der Waals surface area contributed by atoms with Crippen LogP contribution in [0.5, 0.6) is 0 Å². The number of aliphatic hydroxyl groups excluding tert-OH is 1. The third kappa shape index (κ3) is 0.727. The van der Waals surface area contributed by atoms with Gasteiger partial charge in [0, 0.05) is 11.3 Å². The first-order chi connectivity index (χ1) is 6.28. The van der Waals surface area contributed by atoms with Crippen molar-refractivity contribution in [2.45, 2.75) is 25.9 Å². The van der Waals surface area contributed by atoms with Gasteiger partial charge in [0.05, 0.1) is 6.10 Å². The van der Waals surface area contributed by atoms with Gasteiger partial charge in [-0.1, -0.05) is 31.2 Å². The summed E-state index contributed by atoms with van der Waals surface area (Å²) < 4.78 is 0. The summed E-state index contributed by atoms with van der Waals surface area (Å²) in [7, 11) is 0. The molecule has 1 nitrogen and oxygen atoms in total. The van der Waals surface area contributed by atoms with Gasteiger partial charge < -0.3 is 5.11 Å².